The van der Waals surface area contributed by atoms with Gasteiger partial charge in [-0.1, -0.05) is 48.8 Å². The van der Waals surface area contributed by atoms with Crippen LogP contribution in [0.1, 0.15) is 37.7 Å². The summed E-state index contributed by atoms with van der Waals surface area (Å²) < 4.78 is 8.21. The van der Waals surface area contributed by atoms with Gasteiger partial charge in [0.15, 0.2) is 0 Å². The molecule has 0 aliphatic carbocycles. The van der Waals surface area contributed by atoms with Crippen LogP contribution in [0.4, 0.5) is 11.4 Å². The van der Waals surface area contributed by atoms with Gasteiger partial charge in [0.1, 0.15) is 18.2 Å². The highest BCUT2D eigenvalue weighted by Crippen LogP contribution is 2.27. The molecule has 0 spiro atoms. The highest BCUT2D eigenvalue weighted by molar-refractivity contribution is 9.10. The van der Waals surface area contributed by atoms with E-state index in [0.29, 0.717) is 33.6 Å². The Hall–Kier alpha value is -4.05. The lowest BCUT2D eigenvalue weighted by molar-refractivity contribution is -0.384. The molecular formula is C28H28BrN5O4. The topological polar surface area (TPSA) is 103 Å². The Morgan fingerprint density at radius 1 is 1.13 bits per heavy atom. The monoisotopic (exact) mass is 577 g/mol. The molecule has 3 aromatic carbocycles. The third-order valence-electron chi connectivity index (χ3n) is 5.82. The van der Waals surface area contributed by atoms with Gasteiger partial charge in [0.05, 0.1) is 22.0 Å². The standard InChI is InChI=1S/C28H28BrN5O4/c1-28(2,3)27-31-24-12-10-20(29)14-23(24)26(35)33(27)30-16-19-9-11-21(32(4)5)15-25(19)38-17-18-7-6-8-22(13-18)34(36)37/h6-16H,17H2,1-5H3. The van der Waals surface area contributed by atoms with Crippen molar-refractivity contribution in [2.24, 2.45) is 5.10 Å². The maximum Gasteiger partial charge on any atom is 0.282 e. The van der Waals surface area contributed by atoms with Gasteiger partial charge in [-0.3, -0.25) is 14.9 Å². The molecule has 0 aliphatic heterocycles. The highest BCUT2D eigenvalue weighted by atomic mass is 79.9. The summed E-state index contributed by atoms with van der Waals surface area (Å²) >= 11 is 3.43. The summed E-state index contributed by atoms with van der Waals surface area (Å²) in [5, 5.41) is 16.2. The first kappa shape index (κ1) is 27.0. The van der Waals surface area contributed by atoms with Crippen LogP contribution in [0.25, 0.3) is 10.9 Å². The highest BCUT2D eigenvalue weighted by Gasteiger charge is 2.23. The first-order valence-corrected chi connectivity index (χ1v) is 12.7. The molecular weight excluding hydrogens is 550 g/mol. The summed E-state index contributed by atoms with van der Waals surface area (Å²) in [7, 11) is 3.84. The van der Waals surface area contributed by atoms with Crippen molar-refractivity contribution >= 4 is 44.4 Å². The van der Waals surface area contributed by atoms with Gasteiger partial charge in [0.25, 0.3) is 11.2 Å². The van der Waals surface area contributed by atoms with Gasteiger partial charge in [-0.2, -0.15) is 9.78 Å². The number of ether oxygens (including phenoxy) is 1. The smallest absolute Gasteiger partial charge is 0.282 e. The van der Waals surface area contributed by atoms with E-state index >= 15 is 0 Å². The number of non-ortho nitro benzene ring substituents is 1. The zero-order valence-corrected chi connectivity index (χ0v) is 23.4. The van der Waals surface area contributed by atoms with Crippen LogP contribution in [0.15, 0.2) is 75.0 Å². The minimum Gasteiger partial charge on any atom is -0.488 e. The number of hydrogen-bond donors (Lipinski definition) is 0. The molecule has 0 amide bonds. The van der Waals surface area contributed by atoms with Gasteiger partial charge in [-0.05, 0) is 35.9 Å². The fraction of sp³-hybridized carbons (Fsp3) is 0.250. The second-order valence-corrected chi connectivity index (χ2v) is 11.0. The van der Waals surface area contributed by atoms with Crippen LogP contribution in [0, 0.1) is 10.1 Å². The van der Waals surface area contributed by atoms with Gasteiger partial charge >= 0.3 is 0 Å². The molecule has 9 nitrogen and oxygen atoms in total. The van der Waals surface area contributed by atoms with Gasteiger partial charge < -0.3 is 9.64 Å². The number of rotatable bonds is 7. The number of fused-ring (bicyclic) bond motifs is 1. The maximum atomic E-state index is 13.5. The molecule has 0 unspecified atom stereocenters. The Morgan fingerprint density at radius 2 is 1.89 bits per heavy atom. The number of nitro groups is 1. The van der Waals surface area contributed by atoms with Crippen LogP contribution >= 0.6 is 15.9 Å². The summed E-state index contributed by atoms with van der Waals surface area (Å²) in [6.45, 7) is 6.05. The minimum atomic E-state index is -0.450. The Balaban J connectivity index is 1.77. The van der Waals surface area contributed by atoms with Crippen molar-refractivity contribution in [3.05, 3.63) is 103 Å². The van der Waals surface area contributed by atoms with Gasteiger partial charge in [-0.15, -0.1) is 0 Å². The number of benzene rings is 3. The molecule has 4 rings (SSSR count). The van der Waals surface area contributed by atoms with Crippen LogP contribution in [-0.4, -0.2) is 34.9 Å². The van der Waals surface area contributed by atoms with E-state index in [0.717, 1.165) is 10.2 Å². The van der Waals surface area contributed by atoms with Crippen molar-refractivity contribution in [1.82, 2.24) is 9.66 Å². The van der Waals surface area contributed by atoms with Crippen molar-refractivity contribution in [3.8, 4) is 5.75 Å². The van der Waals surface area contributed by atoms with Gasteiger partial charge in [0.2, 0.25) is 0 Å². The van der Waals surface area contributed by atoms with Crippen LogP contribution in [0.3, 0.4) is 0 Å². The van der Waals surface area contributed by atoms with E-state index in [2.05, 4.69) is 21.0 Å². The molecule has 0 saturated carbocycles. The average Bonchev–Trinajstić information content (AvgIpc) is 2.86. The number of hydrogen-bond acceptors (Lipinski definition) is 7. The van der Waals surface area contributed by atoms with E-state index in [-0.39, 0.29) is 17.9 Å². The Morgan fingerprint density at radius 3 is 2.58 bits per heavy atom. The second kappa shape index (κ2) is 10.7. The van der Waals surface area contributed by atoms with E-state index in [1.54, 1.807) is 24.4 Å². The van der Waals surface area contributed by atoms with Crippen molar-refractivity contribution in [1.29, 1.82) is 0 Å². The van der Waals surface area contributed by atoms with Crippen molar-refractivity contribution in [2.45, 2.75) is 32.8 Å². The van der Waals surface area contributed by atoms with E-state index in [4.69, 9.17) is 9.72 Å². The molecule has 0 fully saturated rings. The maximum absolute atomic E-state index is 13.5. The number of aromatic nitrogens is 2. The molecule has 0 radical (unpaired) electrons. The molecule has 0 saturated heterocycles. The van der Waals surface area contributed by atoms with Crippen molar-refractivity contribution in [2.75, 3.05) is 19.0 Å². The summed E-state index contributed by atoms with van der Waals surface area (Å²) in [4.78, 5) is 30.9. The molecule has 196 valence electrons. The van der Waals surface area contributed by atoms with Crippen LogP contribution in [0.5, 0.6) is 5.75 Å². The number of halogens is 1. The second-order valence-electron chi connectivity index (χ2n) is 10.0. The molecule has 4 aromatic rings. The molecule has 10 heteroatoms. The lowest BCUT2D eigenvalue weighted by atomic mass is 9.95. The first-order valence-electron chi connectivity index (χ1n) is 11.9. The summed E-state index contributed by atoms with van der Waals surface area (Å²) in [6, 6.07) is 17.4. The third-order valence-corrected chi connectivity index (χ3v) is 6.31. The lowest BCUT2D eigenvalue weighted by Gasteiger charge is -2.21. The van der Waals surface area contributed by atoms with E-state index in [9.17, 15) is 14.9 Å². The third kappa shape index (κ3) is 5.91. The Bertz CT molecular complexity index is 1610. The fourth-order valence-electron chi connectivity index (χ4n) is 3.82. The largest absolute Gasteiger partial charge is 0.488 e. The first-order chi connectivity index (χ1) is 17.9. The zero-order chi connectivity index (χ0) is 27.6. The lowest BCUT2D eigenvalue weighted by Crippen LogP contribution is -2.29. The van der Waals surface area contributed by atoms with Crippen LogP contribution in [0.2, 0.25) is 0 Å². The molecule has 0 N–H and O–H groups in total. The number of anilines is 1. The zero-order valence-electron chi connectivity index (χ0n) is 21.8. The van der Waals surface area contributed by atoms with Crippen LogP contribution < -0.4 is 15.2 Å². The molecule has 0 bridgehead atoms. The normalized spacial score (nSPS) is 11.7. The average molecular weight is 578 g/mol. The molecule has 1 heterocycles. The predicted octanol–water partition coefficient (Wildman–Crippen LogP) is 5.89. The van der Waals surface area contributed by atoms with E-state index in [1.807, 2.05) is 70.1 Å². The quantitative estimate of drug-likeness (QED) is 0.154. The van der Waals surface area contributed by atoms with E-state index in [1.165, 1.54) is 16.8 Å². The Labute approximate surface area is 228 Å². The molecule has 0 atom stereocenters. The Kier molecular flexibility index (Phi) is 7.63. The summed E-state index contributed by atoms with van der Waals surface area (Å²) in [6.07, 6.45) is 1.57. The van der Waals surface area contributed by atoms with Gasteiger partial charge in [0, 0.05) is 53.4 Å². The SMILES string of the molecule is CN(C)c1ccc(C=Nn2c(C(C)(C)C)nc3ccc(Br)cc3c2=O)c(OCc2cccc([N+](=O)[O-])c2)c1. The fourth-order valence-corrected chi connectivity index (χ4v) is 4.18. The van der Waals surface area contributed by atoms with Crippen molar-refractivity contribution in [3.63, 3.8) is 0 Å². The van der Waals surface area contributed by atoms with Crippen LogP contribution in [-0.2, 0) is 12.0 Å². The molecule has 1 aromatic heterocycles. The number of nitrogens with zero attached hydrogens (tertiary/aromatic N) is 5. The molecule has 0 aliphatic rings. The summed E-state index contributed by atoms with van der Waals surface area (Å²) in [5.74, 6) is 1.05. The minimum absolute atomic E-state index is 0.000506. The predicted molar refractivity (Wildman–Crippen MR) is 154 cm³/mol. The molecule has 38 heavy (non-hydrogen) atoms. The van der Waals surface area contributed by atoms with Gasteiger partial charge in [-0.25, -0.2) is 4.98 Å². The van der Waals surface area contributed by atoms with E-state index < -0.39 is 10.3 Å². The van der Waals surface area contributed by atoms with Crippen molar-refractivity contribution < 1.29 is 9.66 Å². The number of nitro benzene ring substituents is 1. The summed E-state index contributed by atoms with van der Waals surface area (Å²) in [5.41, 5.74) is 2.08.